The summed E-state index contributed by atoms with van der Waals surface area (Å²) in [6.07, 6.45) is 0.739. The molecule has 2 aromatic rings. The number of benzene rings is 1. The van der Waals surface area contributed by atoms with Crippen molar-refractivity contribution >= 4 is 15.9 Å². The number of ether oxygens (including phenoxy) is 1. The van der Waals surface area contributed by atoms with E-state index in [4.69, 9.17) is 9.15 Å². The fourth-order valence-corrected chi connectivity index (χ4v) is 2.11. The quantitative estimate of drug-likeness (QED) is 0.830. The highest BCUT2D eigenvalue weighted by molar-refractivity contribution is 9.10. The molecule has 1 heterocycles. The van der Waals surface area contributed by atoms with Gasteiger partial charge in [-0.25, -0.2) is 0 Å². The molecule has 4 nitrogen and oxygen atoms in total. The van der Waals surface area contributed by atoms with Gasteiger partial charge in [0.2, 0.25) is 5.89 Å². The third-order valence-corrected chi connectivity index (χ3v) is 3.25. The molecule has 0 aliphatic rings. The first kappa shape index (κ1) is 14.1. The topological polar surface area (TPSA) is 48.2 Å². The van der Waals surface area contributed by atoms with E-state index in [1.165, 1.54) is 0 Å². The van der Waals surface area contributed by atoms with E-state index in [0.29, 0.717) is 24.3 Å². The molecule has 0 atom stereocenters. The second-order valence-corrected chi connectivity index (χ2v) is 5.48. The number of nitrogens with zero attached hydrogens (tertiary/aromatic N) is 2. The maximum absolute atomic E-state index is 5.78. The lowest BCUT2D eigenvalue weighted by Crippen LogP contribution is -2.00. The van der Waals surface area contributed by atoms with Crippen molar-refractivity contribution in [3.63, 3.8) is 0 Å². The van der Waals surface area contributed by atoms with Crippen molar-refractivity contribution in [3.05, 3.63) is 40.0 Å². The molecule has 1 aromatic carbocycles. The number of hydrogen-bond donors (Lipinski definition) is 0. The molecule has 2 rings (SSSR count). The average Bonchev–Trinajstić information content (AvgIpc) is 2.85. The van der Waals surface area contributed by atoms with Gasteiger partial charge in [0.15, 0.2) is 6.61 Å². The monoisotopic (exact) mass is 324 g/mol. The molecular weight excluding hydrogens is 308 g/mol. The van der Waals surface area contributed by atoms with E-state index in [1.54, 1.807) is 0 Å². The van der Waals surface area contributed by atoms with Gasteiger partial charge in [0.1, 0.15) is 5.75 Å². The first-order valence-corrected chi connectivity index (χ1v) is 7.13. The Morgan fingerprint density at radius 2 is 2.00 bits per heavy atom. The van der Waals surface area contributed by atoms with Crippen molar-refractivity contribution in [2.24, 2.45) is 0 Å². The number of aromatic nitrogens is 2. The molecule has 0 fully saturated rings. The summed E-state index contributed by atoms with van der Waals surface area (Å²) in [5, 5.41) is 7.86. The van der Waals surface area contributed by atoms with Crippen LogP contribution in [-0.2, 0) is 13.0 Å². The van der Waals surface area contributed by atoms with Crippen molar-refractivity contribution in [1.29, 1.82) is 0 Å². The minimum Gasteiger partial charge on any atom is -0.484 e. The van der Waals surface area contributed by atoms with Crippen LogP contribution in [-0.4, -0.2) is 10.2 Å². The van der Waals surface area contributed by atoms with E-state index in [9.17, 15) is 0 Å². The van der Waals surface area contributed by atoms with Crippen LogP contribution in [0, 0.1) is 0 Å². The van der Waals surface area contributed by atoms with Crippen LogP contribution in [0.3, 0.4) is 0 Å². The Kier molecular flexibility index (Phi) is 4.58. The van der Waals surface area contributed by atoms with Gasteiger partial charge in [-0.1, -0.05) is 36.7 Å². The third-order valence-electron chi connectivity index (χ3n) is 2.76. The molecule has 0 radical (unpaired) electrons. The lowest BCUT2D eigenvalue weighted by atomic mass is 10.0. The highest BCUT2D eigenvalue weighted by Crippen LogP contribution is 2.30. The first-order valence-electron chi connectivity index (χ1n) is 6.33. The van der Waals surface area contributed by atoms with Crippen LogP contribution < -0.4 is 4.74 Å². The third kappa shape index (κ3) is 3.56. The highest BCUT2D eigenvalue weighted by Gasteiger charge is 2.11. The van der Waals surface area contributed by atoms with E-state index in [0.717, 1.165) is 22.2 Å². The Morgan fingerprint density at radius 1 is 1.26 bits per heavy atom. The molecule has 19 heavy (non-hydrogen) atoms. The number of rotatable bonds is 5. The normalized spacial score (nSPS) is 11.0. The van der Waals surface area contributed by atoms with Crippen LogP contribution >= 0.6 is 15.9 Å². The fraction of sp³-hybridized carbons (Fsp3) is 0.429. The lowest BCUT2D eigenvalue weighted by Gasteiger charge is -2.13. The molecule has 0 bridgehead atoms. The molecule has 0 aliphatic heterocycles. The Hall–Kier alpha value is -1.36. The van der Waals surface area contributed by atoms with E-state index in [-0.39, 0.29) is 0 Å². The number of halogens is 1. The van der Waals surface area contributed by atoms with E-state index in [1.807, 2.05) is 19.1 Å². The predicted octanol–water partition coefficient (Wildman–Crippen LogP) is 4.10. The van der Waals surface area contributed by atoms with Crippen LogP contribution in [0.15, 0.2) is 27.1 Å². The highest BCUT2D eigenvalue weighted by atomic mass is 79.9. The second kappa shape index (κ2) is 6.19. The molecule has 0 spiro atoms. The molecule has 0 aliphatic carbocycles. The standard InChI is InChI=1S/C14H17BrN2O2/c1-4-13-16-17-14(19-13)8-18-12-6-5-10(15)7-11(12)9(2)3/h5-7,9H,4,8H2,1-3H3. The zero-order valence-electron chi connectivity index (χ0n) is 11.3. The summed E-state index contributed by atoms with van der Waals surface area (Å²) in [5.41, 5.74) is 1.16. The predicted molar refractivity (Wildman–Crippen MR) is 76.2 cm³/mol. The number of hydrogen-bond acceptors (Lipinski definition) is 4. The number of aryl methyl sites for hydroxylation is 1. The minimum atomic E-state index is 0.300. The summed E-state index contributed by atoms with van der Waals surface area (Å²) in [6.45, 7) is 6.55. The molecule has 0 saturated carbocycles. The smallest absolute Gasteiger partial charge is 0.253 e. The summed E-state index contributed by atoms with van der Waals surface area (Å²) in [4.78, 5) is 0. The molecule has 102 valence electrons. The van der Waals surface area contributed by atoms with Crippen molar-refractivity contribution in [1.82, 2.24) is 10.2 Å². The van der Waals surface area contributed by atoms with Crippen molar-refractivity contribution < 1.29 is 9.15 Å². The summed E-state index contributed by atoms with van der Waals surface area (Å²) in [7, 11) is 0. The molecule has 1 aromatic heterocycles. The first-order chi connectivity index (χ1) is 9.10. The zero-order valence-corrected chi connectivity index (χ0v) is 12.9. The van der Waals surface area contributed by atoms with Crippen LogP contribution in [0.25, 0.3) is 0 Å². The van der Waals surface area contributed by atoms with Crippen molar-refractivity contribution in [3.8, 4) is 5.75 Å². The summed E-state index contributed by atoms with van der Waals surface area (Å²) in [6, 6.07) is 5.99. The van der Waals surface area contributed by atoms with Crippen LogP contribution in [0.2, 0.25) is 0 Å². The Labute approximate surface area is 121 Å². The van der Waals surface area contributed by atoms with Gasteiger partial charge in [0.05, 0.1) is 0 Å². The molecule has 0 amide bonds. The van der Waals surface area contributed by atoms with Gasteiger partial charge in [-0.2, -0.15) is 0 Å². The maximum atomic E-state index is 5.78. The SMILES string of the molecule is CCc1nnc(COc2ccc(Br)cc2C(C)C)o1. The van der Waals surface area contributed by atoms with Gasteiger partial charge in [0, 0.05) is 10.9 Å². The molecule has 0 N–H and O–H groups in total. The van der Waals surface area contributed by atoms with Crippen LogP contribution in [0.1, 0.15) is 44.0 Å². The molecular formula is C14H17BrN2O2. The average molecular weight is 325 g/mol. The van der Waals surface area contributed by atoms with Gasteiger partial charge < -0.3 is 9.15 Å². The molecule has 0 unspecified atom stereocenters. The fourth-order valence-electron chi connectivity index (χ4n) is 1.73. The summed E-state index contributed by atoms with van der Waals surface area (Å²) in [5.74, 6) is 2.39. The molecule has 5 heteroatoms. The van der Waals surface area contributed by atoms with Gasteiger partial charge >= 0.3 is 0 Å². The van der Waals surface area contributed by atoms with Gasteiger partial charge in [-0.15, -0.1) is 10.2 Å². The van der Waals surface area contributed by atoms with Gasteiger partial charge in [-0.3, -0.25) is 0 Å². The maximum Gasteiger partial charge on any atom is 0.253 e. The lowest BCUT2D eigenvalue weighted by molar-refractivity contribution is 0.256. The van der Waals surface area contributed by atoms with Gasteiger partial charge in [-0.05, 0) is 29.7 Å². The minimum absolute atomic E-state index is 0.300. The largest absolute Gasteiger partial charge is 0.484 e. The molecule has 0 saturated heterocycles. The van der Waals surface area contributed by atoms with Crippen molar-refractivity contribution in [2.75, 3.05) is 0 Å². The summed E-state index contributed by atoms with van der Waals surface area (Å²) >= 11 is 3.48. The Balaban J connectivity index is 2.10. The zero-order chi connectivity index (χ0) is 13.8. The Morgan fingerprint density at radius 3 is 2.63 bits per heavy atom. The van der Waals surface area contributed by atoms with Gasteiger partial charge in [0.25, 0.3) is 5.89 Å². The van der Waals surface area contributed by atoms with E-state index in [2.05, 4.69) is 46.0 Å². The van der Waals surface area contributed by atoms with E-state index >= 15 is 0 Å². The van der Waals surface area contributed by atoms with Crippen molar-refractivity contribution in [2.45, 2.75) is 39.7 Å². The second-order valence-electron chi connectivity index (χ2n) is 4.57. The van der Waals surface area contributed by atoms with Crippen LogP contribution in [0.4, 0.5) is 0 Å². The summed E-state index contributed by atoms with van der Waals surface area (Å²) < 4.78 is 12.3. The Bertz CT molecular complexity index is 552. The van der Waals surface area contributed by atoms with E-state index < -0.39 is 0 Å². The van der Waals surface area contributed by atoms with Crippen LogP contribution in [0.5, 0.6) is 5.75 Å².